The lowest BCUT2D eigenvalue weighted by Gasteiger charge is -2.01. The molecule has 4 nitrogen and oxygen atoms in total. The third kappa shape index (κ3) is 2.35. The Morgan fingerprint density at radius 1 is 1.29 bits per heavy atom. The van der Waals surface area contributed by atoms with Gasteiger partial charge in [0.2, 0.25) is 0 Å². The first-order valence-corrected chi connectivity index (χ1v) is 3.81. The second-order valence-electron chi connectivity index (χ2n) is 2.54. The molecule has 0 atom stereocenters. The highest BCUT2D eigenvalue weighted by atomic mass is 16.2. The minimum Gasteiger partial charge on any atom is -0.361 e. The molecule has 0 radical (unpaired) electrons. The van der Waals surface area contributed by atoms with Gasteiger partial charge in [0.15, 0.2) is 0 Å². The summed E-state index contributed by atoms with van der Waals surface area (Å²) in [5.74, 6) is 0.555. The standard InChI is InChI=1S/C10H8N2O2/c1-2-7-3-5-8(6-4-7)12-10(14)9(11)13/h1,3-6H,(H2,11,13)(H,12,14). The summed E-state index contributed by atoms with van der Waals surface area (Å²) in [6.07, 6.45) is 5.14. The molecule has 0 heterocycles. The Bertz CT molecular complexity index is 401. The van der Waals surface area contributed by atoms with Crippen molar-refractivity contribution < 1.29 is 9.59 Å². The molecule has 0 bridgehead atoms. The molecule has 0 spiro atoms. The van der Waals surface area contributed by atoms with E-state index in [1.807, 2.05) is 0 Å². The van der Waals surface area contributed by atoms with Crippen molar-refractivity contribution in [3.8, 4) is 12.3 Å². The molecular weight excluding hydrogens is 180 g/mol. The van der Waals surface area contributed by atoms with Crippen LogP contribution in [-0.4, -0.2) is 11.8 Å². The Hall–Kier alpha value is -2.28. The van der Waals surface area contributed by atoms with Gasteiger partial charge in [-0.2, -0.15) is 0 Å². The molecule has 0 aliphatic carbocycles. The number of rotatable bonds is 1. The van der Waals surface area contributed by atoms with Gasteiger partial charge >= 0.3 is 11.8 Å². The van der Waals surface area contributed by atoms with E-state index in [0.717, 1.165) is 0 Å². The van der Waals surface area contributed by atoms with Crippen molar-refractivity contribution in [3.05, 3.63) is 29.8 Å². The molecule has 1 aromatic rings. The van der Waals surface area contributed by atoms with Gasteiger partial charge in [-0.25, -0.2) is 0 Å². The van der Waals surface area contributed by atoms with Gasteiger partial charge in [0, 0.05) is 11.3 Å². The van der Waals surface area contributed by atoms with Gasteiger partial charge in [0.1, 0.15) is 0 Å². The maximum atomic E-state index is 10.8. The number of carbonyl (C=O) groups is 2. The highest BCUT2D eigenvalue weighted by Crippen LogP contribution is 2.08. The van der Waals surface area contributed by atoms with Crippen LogP contribution in [0.3, 0.4) is 0 Å². The van der Waals surface area contributed by atoms with Crippen molar-refractivity contribution in [3.63, 3.8) is 0 Å². The third-order valence-electron chi connectivity index (χ3n) is 1.53. The Morgan fingerprint density at radius 2 is 1.86 bits per heavy atom. The summed E-state index contributed by atoms with van der Waals surface area (Å²) in [6, 6.07) is 6.49. The van der Waals surface area contributed by atoms with Crippen LogP contribution in [0, 0.1) is 12.3 Å². The van der Waals surface area contributed by atoms with E-state index in [9.17, 15) is 9.59 Å². The topological polar surface area (TPSA) is 72.2 Å². The zero-order valence-corrected chi connectivity index (χ0v) is 7.28. The normalized spacial score (nSPS) is 8.79. The van der Waals surface area contributed by atoms with Crippen LogP contribution in [0.15, 0.2) is 24.3 Å². The summed E-state index contributed by atoms with van der Waals surface area (Å²) >= 11 is 0. The number of amides is 2. The van der Waals surface area contributed by atoms with Crippen molar-refractivity contribution >= 4 is 17.5 Å². The maximum absolute atomic E-state index is 10.8. The van der Waals surface area contributed by atoms with E-state index in [2.05, 4.69) is 11.2 Å². The molecule has 14 heavy (non-hydrogen) atoms. The summed E-state index contributed by atoms with van der Waals surface area (Å²) in [4.78, 5) is 21.2. The number of anilines is 1. The molecule has 2 amide bonds. The molecule has 0 fully saturated rings. The molecular formula is C10H8N2O2. The van der Waals surface area contributed by atoms with Crippen LogP contribution in [0.4, 0.5) is 5.69 Å². The number of carbonyl (C=O) groups excluding carboxylic acids is 2. The molecule has 0 aromatic heterocycles. The summed E-state index contributed by atoms with van der Waals surface area (Å²) in [5.41, 5.74) is 5.93. The minimum atomic E-state index is -1.02. The lowest BCUT2D eigenvalue weighted by Crippen LogP contribution is -2.29. The van der Waals surface area contributed by atoms with Gasteiger partial charge in [0.05, 0.1) is 0 Å². The van der Waals surface area contributed by atoms with Gasteiger partial charge < -0.3 is 11.1 Å². The predicted molar refractivity (Wildman–Crippen MR) is 52.2 cm³/mol. The molecule has 1 rings (SSSR count). The van der Waals surface area contributed by atoms with Crippen molar-refractivity contribution in [2.24, 2.45) is 5.73 Å². The predicted octanol–water partition coefficient (Wildman–Crippen LogP) is 0.0917. The molecule has 0 saturated carbocycles. The largest absolute Gasteiger partial charge is 0.361 e. The quantitative estimate of drug-likeness (QED) is 0.484. The number of hydrogen-bond acceptors (Lipinski definition) is 2. The zero-order valence-electron chi connectivity index (χ0n) is 7.28. The molecule has 0 aliphatic heterocycles. The Balaban J connectivity index is 2.75. The molecule has 1 aromatic carbocycles. The van der Waals surface area contributed by atoms with Crippen LogP contribution in [0.2, 0.25) is 0 Å². The van der Waals surface area contributed by atoms with E-state index >= 15 is 0 Å². The van der Waals surface area contributed by atoms with Crippen LogP contribution in [-0.2, 0) is 9.59 Å². The molecule has 3 N–H and O–H groups in total. The van der Waals surface area contributed by atoms with Crippen LogP contribution >= 0.6 is 0 Å². The third-order valence-corrected chi connectivity index (χ3v) is 1.53. The summed E-state index contributed by atoms with van der Waals surface area (Å²) in [7, 11) is 0. The van der Waals surface area contributed by atoms with Crippen molar-refractivity contribution in [2.75, 3.05) is 5.32 Å². The number of benzene rings is 1. The molecule has 0 unspecified atom stereocenters. The average Bonchev–Trinajstić information content (AvgIpc) is 2.19. The first kappa shape index (κ1) is 9.81. The smallest absolute Gasteiger partial charge is 0.313 e. The van der Waals surface area contributed by atoms with Crippen molar-refractivity contribution in [1.29, 1.82) is 0 Å². The summed E-state index contributed by atoms with van der Waals surface area (Å²) in [6.45, 7) is 0. The van der Waals surface area contributed by atoms with E-state index in [0.29, 0.717) is 11.3 Å². The van der Waals surface area contributed by atoms with Crippen molar-refractivity contribution in [1.82, 2.24) is 0 Å². The highest BCUT2D eigenvalue weighted by Gasteiger charge is 2.07. The molecule has 70 valence electrons. The average molecular weight is 188 g/mol. The van der Waals surface area contributed by atoms with Crippen LogP contribution in [0.5, 0.6) is 0 Å². The van der Waals surface area contributed by atoms with Crippen LogP contribution in [0.1, 0.15) is 5.56 Å². The van der Waals surface area contributed by atoms with E-state index in [1.54, 1.807) is 24.3 Å². The first-order chi connectivity index (χ1) is 6.63. The van der Waals surface area contributed by atoms with Crippen LogP contribution < -0.4 is 11.1 Å². The fourth-order valence-electron chi connectivity index (χ4n) is 0.842. The lowest BCUT2D eigenvalue weighted by molar-refractivity contribution is -0.134. The number of hydrogen-bond donors (Lipinski definition) is 2. The summed E-state index contributed by atoms with van der Waals surface area (Å²) in [5, 5.41) is 2.31. The van der Waals surface area contributed by atoms with E-state index in [-0.39, 0.29) is 0 Å². The van der Waals surface area contributed by atoms with Crippen molar-refractivity contribution in [2.45, 2.75) is 0 Å². The number of terminal acetylenes is 1. The van der Waals surface area contributed by atoms with E-state index < -0.39 is 11.8 Å². The molecule has 0 saturated heterocycles. The Labute approximate surface area is 81.1 Å². The van der Waals surface area contributed by atoms with E-state index in [1.165, 1.54) is 0 Å². The zero-order chi connectivity index (χ0) is 10.6. The maximum Gasteiger partial charge on any atom is 0.313 e. The Kier molecular flexibility index (Phi) is 2.87. The van der Waals surface area contributed by atoms with Gasteiger partial charge in [-0.05, 0) is 24.3 Å². The first-order valence-electron chi connectivity index (χ1n) is 3.81. The second-order valence-corrected chi connectivity index (χ2v) is 2.54. The number of nitrogens with two attached hydrogens (primary N) is 1. The fraction of sp³-hybridized carbons (Fsp3) is 0. The van der Waals surface area contributed by atoms with Gasteiger partial charge in [-0.1, -0.05) is 5.92 Å². The number of nitrogens with one attached hydrogen (secondary N) is 1. The summed E-state index contributed by atoms with van der Waals surface area (Å²) < 4.78 is 0. The number of primary amides is 1. The molecule has 0 aliphatic rings. The van der Waals surface area contributed by atoms with E-state index in [4.69, 9.17) is 12.2 Å². The van der Waals surface area contributed by atoms with Crippen LogP contribution in [0.25, 0.3) is 0 Å². The van der Waals surface area contributed by atoms with Gasteiger partial charge in [-0.15, -0.1) is 6.42 Å². The fourth-order valence-corrected chi connectivity index (χ4v) is 0.842. The SMILES string of the molecule is C#Cc1ccc(NC(=O)C(N)=O)cc1. The lowest BCUT2D eigenvalue weighted by atomic mass is 10.2. The Morgan fingerprint density at radius 3 is 2.29 bits per heavy atom. The minimum absolute atomic E-state index is 0.479. The second kappa shape index (κ2) is 4.10. The van der Waals surface area contributed by atoms with Gasteiger partial charge in [-0.3, -0.25) is 9.59 Å². The highest BCUT2D eigenvalue weighted by molar-refractivity contribution is 6.39. The monoisotopic (exact) mass is 188 g/mol. The molecule has 4 heteroatoms. The van der Waals surface area contributed by atoms with Gasteiger partial charge in [0.25, 0.3) is 0 Å².